The number of Topliss-reactive ketones (excluding diaryl/α,β-unsaturated/α-hetero) is 1. The molecule has 0 saturated heterocycles. The molecule has 0 atom stereocenters. The summed E-state index contributed by atoms with van der Waals surface area (Å²) in [6.07, 6.45) is 0. The molecular formula is C8H9N3O2. The Morgan fingerprint density at radius 2 is 2.08 bits per heavy atom. The summed E-state index contributed by atoms with van der Waals surface area (Å²) in [4.78, 5) is 20.8. The van der Waals surface area contributed by atoms with Gasteiger partial charge in [-0.05, 0) is 19.1 Å². The van der Waals surface area contributed by atoms with Gasteiger partial charge in [-0.1, -0.05) is 12.1 Å². The van der Waals surface area contributed by atoms with Crippen LogP contribution in [0, 0.1) is 4.91 Å². The molecule has 0 aliphatic heterocycles. The fourth-order valence-electron chi connectivity index (χ4n) is 0.982. The second-order valence-corrected chi connectivity index (χ2v) is 2.43. The molecule has 2 N–H and O–H groups in total. The van der Waals surface area contributed by atoms with Gasteiger partial charge in [0.25, 0.3) is 0 Å². The lowest BCUT2D eigenvalue weighted by molar-refractivity contribution is 0.101. The molecule has 0 heterocycles. The predicted molar refractivity (Wildman–Crippen MR) is 49.0 cm³/mol. The maximum atomic E-state index is 11.1. The van der Waals surface area contributed by atoms with Crippen molar-refractivity contribution < 1.29 is 4.79 Å². The topological polar surface area (TPSA) is 70.6 Å². The summed E-state index contributed by atoms with van der Waals surface area (Å²) in [6.45, 7) is 1.45. The number of rotatable bonds is 4. The zero-order chi connectivity index (χ0) is 9.68. The molecule has 5 nitrogen and oxygen atoms in total. The third-order valence-electron chi connectivity index (χ3n) is 1.54. The molecule has 0 spiro atoms. The van der Waals surface area contributed by atoms with E-state index in [1.165, 1.54) is 6.92 Å². The van der Waals surface area contributed by atoms with Crippen LogP contribution in [0.15, 0.2) is 29.6 Å². The van der Waals surface area contributed by atoms with Crippen LogP contribution in [0.4, 0.5) is 5.69 Å². The first-order valence-electron chi connectivity index (χ1n) is 3.69. The summed E-state index contributed by atoms with van der Waals surface area (Å²) in [7, 11) is 0. The molecule has 0 amide bonds. The van der Waals surface area contributed by atoms with Crippen molar-refractivity contribution in [3.05, 3.63) is 34.7 Å². The Morgan fingerprint density at radius 1 is 1.38 bits per heavy atom. The van der Waals surface area contributed by atoms with Gasteiger partial charge in [-0.2, -0.15) is 5.53 Å². The lowest BCUT2D eigenvalue weighted by Crippen LogP contribution is -2.15. The van der Waals surface area contributed by atoms with Crippen LogP contribution >= 0.6 is 0 Å². The van der Waals surface area contributed by atoms with E-state index in [0.29, 0.717) is 11.3 Å². The largest absolute Gasteiger partial charge is 0.294 e. The van der Waals surface area contributed by atoms with Crippen LogP contribution in [0.5, 0.6) is 0 Å². The summed E-state index contributed by atoms with van der Waals surface area (Å²) in [6, 6.07) is 6.84. The smallest absolute Gasteiger partial charge is 0.161 e. The fraction of sp³-hybridized carbons (Fsp3) is 0.125. The Labute approximate surface area is 75.1 Å². The average molecular weight is 179 g/mol. The molecule has 13 heavy (non-hydrogen) atoms. The highest BCUT2D eigenvalue weighted by Gasteiger charge is 2.04. The minimum Gasteiger partial charge on any atom is -0.294 e. The zero-order valence-corrected chi connectivity index (χ0v) is 7.07. The van der Waals surface area contributed by atoms with Crippen molar-refractivity contribution in [2.24, 2.45) is 5.29 Å². The Bertz CT molecular complexity index is 325. The molecule has 0 unspecified atom stereocenters. The van der Waals surface area contributed by atoms with Crippen LogP contribution in [0.3, 0.4) is 0 Å². The lowest BCUT2D eigenvalue weighted by atomic mass is 10.1. The van der Waals surface area contributed by atoms with Crippen LogP contribution < -0.4 is 11.0 Å². The Balaban J connectivity index is 2.90. The molecular weight excluding hydrogens is 170 g/mol. The van der Waals surface area contributed by atoms with Crippen molar-refractivity contribution in [2.75, 3.05) is 5.43 Å². The van der Waals surface area contributed by atoms with Gasteiger partial charge in [0.1, 0.15) is 0 Å². The minimum absolute atomic E-state index is 0.0733. The third kappa shape index (κ3) is 2.26. The second kappa shape index (κ2) is 4.20. The standard InChI is InChI=1S/C8H9N3O2/c1-6(12)7-4-2-3-5-8(7)9-10-11-13/h2-5H,1H3,(H,9,11)(H,10,13). The fourth-order valence-corrected chi connectivity index (χ4v) is 0.982. The molecule has 0 radical (unpaired) electrons. The van der Waals surface area contributed by atoms with Crippen LogP contribution in [0.25, 0.3) is 0 Å². The highest BCUT2D eigenvalue weighted by atomic mass is 16.3. The summed E-state index contributed by atoms with van der Waals surface area (Å²) < 4.78 is 0. The number of para-hydroxylation sites is 1. The van der Waals surface area contributed by atoms with Crippen molar-refractivity contribution in [2.45, 2.75) is 6.92 Å². The van der Waals surface area contributed by atoms with Gasteiger partial charge >= 0.3 is 0 Å². The van der Waals surface area contributed by atoms with Gasteiger partial charge in [-0.15, -0.1) is 4.91 Å². The predicted octanol–water partition coefficient (Wildman–Crippen LogP) is 1.49. The average Bonchev–Trinajstić information content (AvgIpc) is 2.15. The number of hydrazine groups is 1. The maximum absolute atomic E-state index is 11.1. The highest BCUT2D eigenvalue weighted by Crippen LogP contribution is 2.13. The van der Waals surface area contributed by atoms with Gasteiger partial charge in [-0.25, -0.2) is 0 Å². The summed E-state index contributed by atoms with van der Waals surface area (Å²) in [5.74, 6) is -0.0733. The summed E-state index contributed by atoms with van der Waals surface area (Å²) in [5.41, 5.74) is 5.57. The highest BCUT2D eigenvalue weighted by molar-refractivity contribution is 5.99. The van der Waals surface area contributed by atoms with Gasteiger partial charge in [0.15, 0.2) is 5.78 Å². The van der Waals surface area contributed by atoms with Gasteiger partial charge < -0.3 is 0 Å². The van der Waals surface area contributed by atoms with E-state index < -0.39 is 0 Å². The quantitative estimate of drug-likeness (QED) is 0.417. The van der Waals surface area contributed by atoms with E-state index in [1.807, 2.05) is 5.53 Å². The lowest BCUT2D eigenvalue weighted by Gasteiger charge is -2.06. The van der Waals surface area contributed by atoms with Crippen molar-refractivity contribution in [1.82, 2.24) is 5.53 Å². The molecule has 1 aromatic carbocycles. The van der Waals surface area contributed by atoms with E-state index in [9.17, 15) is 9.70 Å². The SMILES string of the molecule is CC(=O)c1ccccc1NNN=O. The number of benzene rings is 1. The molecule has 0 aliphatic carbocycles. The number of ketones is 1. The minimum atomic E-state index is -0.0733. The molecule has 1 rings (SSSR count). The number of nitrogens with one attached hydrogen (secondary N) is 2. The van der Waals surface area contributed by atoms with Crippen molar-refractivity contribution in [3.8, 4) is 0 Å². The molecule has 0 saturated carbocycles. The number of nitrogens with zero attached hydrogens (tertiary/aromatic N) is 1. The van der Waals surface area contributed by atoms with Gasteiger partial charge in [0, 0.05) is 5.56 Å². The molecule has 68 valence electrons. The zero-order valence-electron chi connectivity index (χ0n) is 7.07. The Morgan fingerprint density at radius 3 is 2.69 bits per heavy atom. The van der Waals surface area contributed by atoms with Crippen molar-refractivity contribution in [1.29, 1.82) is 0 Å². The number of carbonyl (C=O) groups is 1. The van der Waals surface area contributed by atoms with E-state index in [1.54, 1.807) is 24.3 Å². The summed E-state index contributed by atoms with van der Waals surface area (Å²) in [5, 5.41) is 2.41. The molecule has 0 aromatic heterocycles. The van der Waals surface area contributed by atoms with E-state index in [-0.39, 0.29) is 5.78 Å². The number of nitroso groups, excluding NO2 is 1. The molecule has 0 aliphatic rings. The van der Waals surface area contributed by atoms with Crippen LogP contribution in [-0.4, -0.2) is 5.78 Å². The molecule has 1 aromatic rings. The maximum Gasteiger partial charge on any atom is 0.161 e. The van der Waals surface area contributed by atoms with E-state index in [2.05, 4.69) is 10.7 Å². The Kier molecular flexibility index (Phi) is 2.97. The molecule has 5 heteroatoms. The second-order valence-electron chi connectivity index (χ2n) is 2.43. The van der Waals surface area contributed by atoms with Crippen LogP contribution in [0.2, 0.25) is 0 Å². The van der Waals surface area contributed by atoms with Crippen molar-refractivity contribution in [3.63, 3.8) is 0 Å². The first-order chi connectivity index (χ1) is 6.25. The third-order valence-corrected chi connectivity index (χ3v) is 1.54. The first kappa shape index (κ1) is 9.18. The van der Waals surface area contributed by atoms with Crippen LogP contribution in [0.1, 0.15) is 17.3 Å². The van der Waals surface area contributed by atoms with Crippen LogP contribution in [-0.2, 0) is 0 Å². The number of carbonyl (C=O) groups excluding carboxylic acids is 1. The van der Waals surface area contributed by atoms with E-state index >= 15 is 0 Å². The monoisotopic (exact) mass is 179 g/mol. The molecule has 0 fully saturated rings. The number of hydrogen-bond donors (Lipinski definition) is 2. The van der Waals surface area contributed by atoms with Gasteiger partial charge in [0.2, 0.25) is 0 Å². The molecule has 0 bridgehead atoms. The normalized spacial score (nSPS) is 9.00. The van der Waals surface area contributed by atoms with Crippen molar-refractivity contribution >= 4 is 11.5 Å². The van der Waals surface area contributed by atoms with Gasteiger partial charge in [0.05, 0.1) is 11.0 Å². The summed E-state index contributed by atoms with van der Waals surface area (Å²) >= 11 is 0. The van der Waals surface area contributed by atoms with E-state index in [0.717, 1.165) is 0 Å². The first-order valence-corrected chi connectivity index (χ1v) is 3.69. The Hall–Kier alpha value is -1.91. The van der Waals surface area contributed by atoms with Gasteiger partial charge in [-0.3, -0.25) is 10.2 Å². The number of anilines is 1. The number of hydrogen-bond acceptors (Lipinski definition) is 4. The van der Waals surface area contributed by atoms with E-state index in [4.69, 9.17) is 0 Å².